The number of amides is 1. The summed E-state index contributed by atoms with van der Waals surface area (Å²) in [6.45, 7) is -0.418. The van der Waals surface area contributed by atoms with Gasteiger partial charge in [0.15, 0.2) is 0 Å². The molecule has 1 aliphatic rings. The van der Waals surface area contributed by atoms with Gasteiger partial charge in [-0.1, -0.05) is 11.6 Å². The van der Waals surface area contributed by atoms with Crippen molar-refractivity contribution in [3.63, 3.8) is 0 Å². The summed E-state index contributed by atoms with van der Waals surface area (Å²) in [7, 11) is -3.95. The fraction of sp³-hybridized carbons (Fsp3) is 0.368. The van der Waals surface area contributed by atoms with Gasteiger partial charge in [-0.15, -0.1) is 0 Å². The molecule has 0 unspecified atom stereocenters. The van der Waals surface area contributed by atoms with Crippen molar-refractivity contribution >= 4 is 27.5 Å². The number of halogens is 5. The highest BCUT2D eigenvalue weighted by atomic mass is 35.5. The van der Waals surface area contributed by atoms with Crippen LogP contribution in [0.2, 0.25) is 5.02 Å². The highest BCUT2D eigenvalue weighted by molar-refractivity contribution is 7.89. The fourth-order valence-corrected chi connectivity index (χ4v) is 3.61. The molecule has 0 spiro atoms. The van der Waals surface area contributed by atoms with E-state index in [1.165, 1.54) is 12.3 Å². The molecule has 0 aliphatic heterocycles. The first-order chi connectivity index (χ1) is 14.8. The topological polar surface area (TPSA) is 94.6 Å². The monoisotopic (exact) mass is 496 g/mol. The summed E-state index contributed by atoms with van der Waals surface area (Å²) in [6, 6.07) is 2.57. The second kappa shape index (κ2) is 9.10. The number of sulfonamides is 1. The van der Waals surface area contributed by atoms with E-state index in [9.17, 15) is 30.8 Å². The maximum atomic E-state index is 14.2. The molecule has 13 heteroatoms. The van der Waals surface area contributed by atoms with Crippen LogP contribution in [0.1, 0.15) is 28.8 Å². The standard InChI is InChI=1S/C19H17ClF4N2O5S/c1-32(28,29)26-17(27)13-4-15(21)11(2-16(13)22)9-30-12-3-14(20)18(25-7-12)31-8-10-5-19(23,24)6-10/h2-4,7,10H,5-6,8-9H2,1H3,(H,26,27). The third-order valence-corrected chi connectivity index (χ3v) is 5.29. The number of rotatable bonds is 8. The second-order valence-corrected chi connectivity index (χ2v) is 9.47. The summed E-state index contributed by atoms with van der Waals surface area (Å²) < 4.78 is 88.5. The molecular weight excluding hydrogens is 480 g/mol. The van der Waals surface area contributed by atoms with E-state index in [1.54, 1.807) is 4.72 Å². The molecule has 1 N–H and O–H groups in total. The minimum atomic E-state index is -3.95. The van der Waals surface area contributed by atoms with Crippen LogP contribution in [0, 0.1) is 17.6 Å². The third kappa shape index (κ3) is 6.22. The zero-order valence-electron chi connectivity index (χ0n) is 16.5. The predicted molar refractivity (Wildman–Crippen MR) is 105 cm³/mol. The van der Waals surface area contributed by atoms with Crippen LogP contribution >= 0.6 is 11.6 Å². The number of carbonyl (C=O) groups is 1. The molecule has 2 aromatic rings. The SMILES string of the molecule is CS(=O)(=O)NC(=O)c1cc(F)c(COc2cnc(OCC3CC(F)(F)C3)c(Cl)c2)cc1F. The van der Waals surface area contributed by atoms with E-state index in [-0.39, 0.29) is 47.6 Å². The molecule has 1 heterocycles. The summed E-state index contributed by atoms with van der Waals surface area (Å²) in [5.74, 6) is -6.29. The molecule has 1 saturated carbocycles. The Morgan fingerprint density at radius 2 is 1.91 bits per heavy atom. The largest absolute Gasteiger partial charge is 0.487 e. The van der Waals surface area contributed by atoms with Gasteiger partial charge in [0.1, 0.15) is 29.0 Å². The van der Waals surface area contributed by atoms with Crippen molar-refractivity contribution < 1.29 is 40.2 Å². The second-order valence-electron chi connectivity index (χ2n) is 7.31. The lowest BCUT2D eigenvalue weighted by molar-refractivity contribution is -0.119. The zero-order chi connectivity index (χ0) is 23.7. The molecule has 1 aromatic heterocycles. The number of hydrogen-bond donors (Lipinski definition) is 1. The Morgan fingerprint density at radius 3 is 2.50 bits per heavy atom. The number of pyridine rings is 1. The van der Waals surface area contributed by atoms with Crippen LogP contribution in [0.15, 0.2) is 24.4 Å². The number of benzene rings is 1. The van der Waals surface area contributed by atoms with Crippen molar-refractivity contribution in [2.75, 3.05) is 12.9 Å². The minimum Gasteiger partial charge on any atom is -0.487 e. The number of hydrogen-bond acceptors (Lipinski definition) is 6. The minimum absolute atomic E-state index is 0.0210. The number of aromatic nitrogens is 1. The van der Waals surface area contributed by atoms with E-state index in [0.29, 0.717) is 18.4 Å². The maximum Gasteiger partial charge on any atom is 0.267 e. The molecule has 3 rings (SSSR count). The first-order valence-corrected chi connectivity index (χ1v) is 11.4. The van der Waals surface area contributed by atoms with Crippen LogP contribution in [-0.2, 0) is 16.6 Å². The van der Waals surface area contributed by atoms with Gasteiger partial charge in [0, 0.05) is 30.4 Å². The normalized spacial score (nSPS) is 15.7. The summed E-state index contributed by atoms with van der Waals surface area (Å²) in [5, 5.41) is 0.0352. The van der Waals surface area contributed by atoms with Crippen molar-refractivity contribution in [3.8, 4) is 11.6 Å². The van der Waals surface area contributed by atoms with Crippen molar-refractivity contribution in [2.24, 2.45) is 5.92 Å². The van der Waals surface area contributed by atoms with Crippen LogP contribution in [0.25, 0.3) is 0 Å². The predicted octanol–water partition coefficient (Wildman–Crippen LogP) is 3.71. The lowest BCUT2D eigenvalue weighted by atomic mass is 9.82. The highest BCUT2D eigenvalue weighted by Crippen LogP contribution is 2.42. The fourth-order valence-electron chi connectivity index (χ4n) is 2.95. The molecule has 0 radical (unpaired) electrons. The first-order valence-electron chi connectivity index (χ1n) is 9.12. The summed E-state index contributed by atoms with van der Waals surface area (Å²) in [4.78, 5) is 15.7. The first kappa shape index (κ1) is 24.1. The number of alkyl halides is 2. The summed E-state index contributed by atoms with van der Waals surface area (Å²) in [5.41, 5.74) is -1.03. The number of nitrogens with one attached hydrogen (secondary N) is 1. The Bertz CT molecular complexity index is 1140. The van der Waals surface area contributed by atoms with Crippen molar-refractivity contribution in [3.05, 3.63) is 52.2 Å². The number of nitrogens with zero attached hydrogens (tertiary/aromatic N) is 1. The van der Waals surface area contributed by atoms with Crippen LogP contribution in [0.5, 0.6) is 11.6 Å². The van der Waals surface area contributed by atoms with Crippen LogP contribution < -0.4 is 14.2 Å². The van der Waals surface area contributed by atoms with E-state index in [0.717, 1.165) is 0 Å². The van der Waals surface area contributed by atoms with Crippen molar-refractivity contribution in [1.82, 2.24) is 9.71 Å². The van der Waals surface area contributed by atoms with Gasteiger partial charge in [0.25, 0.3) is 5.91 Å². The molecule has 1 amide bonds. The van der Waals surface area contributed by atoms with Crippen LogP contribution in [0.3, 0.4) is 0 Å². The Balaban J connectivity index is 1.61. The molecule has 0 atom stereocenters. The van der Waals surface area contributed by atoms with E-state index in [4.69, 9.17) is 21.1 Å². The molecule has 174 valence electrons. The Kier molecular flexibility index (Phi) is 6.84. The Hall–Kier alpha value is -2.60. The molecular formula is C19H17ClF4N2O5S. The molecule has 0 saturated heterocycles. The van der Waals surface area contributed by atoms with Gasteiger partial charge >= 0.3 is 0 Å². The van der Waals surface area contributed by atoms with Crippen molar-refractivity contribution in [2.45, 2.75) is 25.4 Å². The molecule has 0 bridgehead atoms. The third-order valence-electron chi connectivity index (χ3n) is 4.47. The van der Waals surface area contributed by atoms with E-state index in [2.05, 4.69) is 4.98 Å². The van der Waals surface area contributed by atoms with E-state index < -0.39 is 45.7 Å². The highest BCUT2D eigenvalue weighted by Gasteiger charge is 2.45. The van der Waals surface area contributed by atoms with Gasteiger partial charge in [0.2, 0.25) is 21.8 Å². The van der Waals surface area contributed by atoms with Crippen LogP contribution in [-0.4, -0.2) is 38.1 Å². The molecule has 1 fully saturated rings. The molecule has 32 heavy (non-hydrogen) atoms. The van der Waals surface area contributed by atoms with Gasteiger partial charge in [-0.25, -0.2) is 35.7 Å². The lowest BCUT2D eigenvalue weighted by Crippen LogP contribution is -2.38. The van der Waals surface area contributed by atoms with E-state index in [1.807, 2.05) is 0 Å². The summed E-state index contributed by atoms with van der Waals surface area (Å²) in [6.07, 6.45) is 1.38. The van der Waals surface area contributed by atoms with Gasteiger partial charge in [0.05, 0.1) is 24.6 Å². The van der Waals surface area contributed by atoms with Gasteiger partial charge in [-0.2, -0.15) is 0 Å². The molecule has 1 aliphatic carbocycles. The average Bonchev–Trinajstić information content (AvgIpc) is 2.64. The average molecular weight is 497 g/mol. The van der Waals surface area contributed by atoms with Gasteiger partial charge in [-0.05, 0) is 12.1 Å². The number of ether oxygens (including phenoxy) is 2. The number of carbonyl (C=O) groups excluding carboxylic acids is 1. The Labute approximate surface area is 185 Å². The van der Waals surface area contributed by atoms with Gasteiger partial charge < -0.3 is 9.47 Å². The summed E-state index contributed by atoms with van der Waals surface area (Å²) >= 11 is 6.03. The van der Waals surface area contributed by atoms with E-state index >= 15 is 0 Å². The smallest absolute Gasteiger partial charge is 0.267 e. The van der Waals surface area contributed by atoms with Crippen molar-refractivity contribution in [1.29, 1.82) is 0 Å². The maximum absolute atomic E-state index is 14.2. The molecule has 7 nitrogen and oxygen atoms in total. The Morgan fingerprint density at radius 1 is 1.22 bits per heavy atom. The van der Waals surface area contributed by atoms with Gasteiger partial charge in [-0.3, -0.25) is 4.79 Å². The lowest BCUT2D eigenvalue weighted by Gasteiger charge is -2.34. The zero-order valence-corrected chi connectivity index (χ0v) is 18.1. The quantitative estimate of drug-likeness (QED) is 0.560. The molecule has 1 aromatic carbocycles. The van der Waals surface area contributed by atoms with Crippen LogP contribution in [0.4, 0.5) is 17.6 Å².